The molecule has 3 heterocycles. The second-order valence-corrected chi connectivity index (χ2v) is 8.80. The molecule has 0 radical (unpaired) electrons. The Morgan fingerprint density at radius 3 is 2.76 bits per heavy atom. The minimum atomic E-state index is -4.04. The quantitative estimate of drug-likeness (QED) is 0.213. The van der Waals surface area contributed by atoms with Gasteiger partial charge in [0, 0.05) is 18.0 Å². The number of fused-ring (bicyclic) bond motifs is 1. The van der Waals surface area contributed by atoms with Crippen molar-refractivity contribution < 1.29 is 27.2 Å². The van der Waals surface area contributed by atoms with Gasteiger partial charge in [-0.3, -0.25) is 19.6 Å². The molecule has 0 amide bonds. The van der Waals surface area contributed by atoms with Gasteiger partial charge in [0.2, 0.25) is 5.88 Å². The third-order valence-corrected chi connectivity index (χ3v) is 5.57. The molecule has 12 heteroatoms. The molecule has 0 unspecified atom stereocenters. The molecule has 3 N–H and O–H groups in total. The van der Waals surface area contributed by atoms with Crippen LogP contribution in [-0.4, -0.2) is 52.6 Å². The van der Waals surface area contributed by atoms with E-state index in [1.165, 1.54) is 0 Å². The molecule has 0 saturated heterocycles. The highest BCUT2D eigenvalue weighted by atomic mass is 32.2. The molecule has 0 fully saturated rings. The van der Waals surface area contributed by atoms with Gasteiger partial charge in [0.15, 0.2) is 11.5 Å². The highest BCUT2D eigenvalue weighted by molar-refractivity contribution is 7.85. The molecule has 0 atom stereocenters. The standard InChI is InChI=1S/C22H23N5O6S/c1-31-20-11-15(6-7-19(20)33-14-16-5-2-3-8-24-16)25-17-12-23-13-18-21(17)22(27-26-18)32-9-4-10-34(28,29)30/h2-3,5-8,11-13,25H,4,9-10,14H2,1H3,(H,26,27)(H,28,29,30). The van der Waals surface area contributed by atoms with Crippen molar-refractivity contribution in [3.8, 4) is 17.4 Å². The lowest BCUT2D eigenvalue weighted by Gasteiger charge is -2.14. The lowest BCUT2D eigenvalue weighted by Crippen LogP contribution is -2.08. The minimum absolute atomic E-state index is 0.0671. The normalized spacial score (nSPS) is 11.4. The zero-order chi connectivity index (χ0) is 24.0. The van der Waals surface area contributed by atoms with Crippen molar-refractivity contribution in [1.82, 2.24) is 20.2 Å². The van der Waals surface area contributed by atoms with Crippen LogP contribution in [0.1, 0.15) is 12.1 Å². The van der Waals surface area contributed by atoms with Gasteiger partial charge < -0.3 is 19.5 Å². The Bertz CT molecular complexity index is 1360. The number of nitrogens with zero attached hydrogens (tertiary/aromatic N) is 3. The van der Waals surface area contributed by atoms with E-state index in [1.807, 2.05) is 24.3 Å². The van der Waals surface area contributed by atoms with Crippen LogP contribution >= 0.6 is 0 Å². The molecule has 11 nitrogen and oxygen atoms in total. The van der Waals surface area contributed by atoms with Crippen LogP contribution in [0.25, 0.3) is 10.9 Å². The molecule has 0 bridgehead atoms. The van der Waals surface area contributed by atoms with Gasteiger partial charge in [-0.05, 0) is 30.7 Å². The molecule has 0 spiro atoms. The Morgan fingerprint density at radius 2 is 2.00 bits per heavy atom. The fourth-order valence-electron chi connectivity index (χ4n) is 3.21. The maximum absolute atomic E-state index is 10.9. The first kappa shape index (κ1) is 23.3. The highest BCUT2D eigenvalue weighted by Crippen LogP contribution is 2.35. The van der Waals surface area contributed by atoms with Crippen LogP contribution in [0.4, 0.5) is 11.4 Å². The summed E-state index contributed by atoms with van der Waals surface area (Å²) in [4.78, 5) is 8.46. The summed E-state index contributed by atoms with van der Waals surface area (Å²) in [5.41, 5.74) is 2.78. The summed E-state index contributed by atoms with van der Waals surface area (Å²) in [5.74, 6) is 1.00. The molecule has 4 aromatic rings. The van der Waals surface area contributed by atoms with Crippen molar-refractivity contribution in [2.24, 2.45) is 0 Å². The fourth-order valence-corrected chi connectivity index (χ4v) is 3.69. The number of aromatic nitrogens is 4. The number of H-pyrrole nitrogens is 1. The Morgan fingerprint density at radius 1 is 1.12 bits per heavy atom. The molecule has 0 saturated carbocycles. The first-order valence-electron chi connectivity index (χ1n) is 10.3. The van der Waals surface area contributed by atoms with Gasteiger partial charge in [-0.2, -0.15) is 8.42 Å². The van der Waals surface area contributed by atoms with Crippen molar-refractivity contribution >= 4 is 32.4 Å². The molecular weight excluding hydrogens is 462 g/mol. The van der Waals surface area contributed by atoms with Gasteiger partial charge in [0.25, 0.3) is 10.1 Å². The molecule has 1 aromatic carbocycles. The number of pyridine rings is 2. The van der Waals surface area contributed by atoms with Crippen LogP contribution < -0.4 is 19.5 Å². The maximum atomic E-state index is 10.9. The average molecular weight is 486 g/mol. The zero-order valence-corrected chi connectivity index (χ0v) is 19.1. The summed E-state index contributed by atoms with van der Waals surface area (Å²) in [6, 6.07) is 11.0. The summed E-state index contributed by atoms with van der Waals surface area (Å²) in [7, 11) is -2.48. The number of anilines is 2. The van der Waals surface area contributed by atoms with Crippen molar-refractivity contribution in [3.63, 3.8) is 0 Å². The van der Waals surface area contributed by atoms with E-state index in [0.29, 0.717) is 34.7 Å². The van der Waals surface area contributed by atoms with Crippen molar-refractivity contribution in [1.29, 1.82) is 0 Å². The van der Waals surface area contributed by atoms with Gasteiger partial charge in [0.1, 0.15) is 6.61 Å². The minimum Gasteiger partial charge on any atom is -0.493 e. The first-order chi connectivity index (χ1) is 16.4. The predicted molar refractivity (Wildman–Crippen MR) is 125 cm³/mol. The molecule has 0 aliphatic rings. The number of benzene rings is 1. The van der Waals surface area contributed by atoms with E-state index >= 15 is 0 Å². The monoisotopic (exact) mass is 485 g/mol. The third kappa shape index (κ3) is 5.91. The smallest absolute Gasteiger partial charge is 0.264 e. The summed E-state index contributed by atoms with van der Waals surface area (Å²) in [5, 5.41) is 10.9. The van der Waals surface area contributed by atoms with E-state index in [4.69, 9.17) is 18.8 Å². The van der Waals surface area contributed by atoms with Crippen LogP contribution in [0, 0.1) is 0 Å². The Kier molecular flexibility index (Phi) is 7.09. The number of rotatable bonds is 11. The van der Waals surface area contributed by atoms with Crippen LogP contribution in [0.2, 0.25) is 0 Å². The predicted octanol–water partition coefficient (Wildman–Crippen LogP) is 3.34. The number of ether oxygens (including phenoxy) is 3. The van der Waals surface area contributed by atoms with Crippen LogP contribution in [0.3, 0.4) is 0 Å². The van der Waals surface area contributed by atoms with Crippen LogP contribution in [0.5, 0.6) is 17.4 Å². The largest absolute Gasteiger partial charge is 0.493 e. The summed E-state index contributed by atoms with van der Waals surface area (Å²) in [6.45, 7) is 0.373. The second kappa shape index (κ2) is 10.4. The average Bonchev–Trinajstić information content (AvgIpc) is 3.25. The van der Waals surface area contributed by atoms with Crippen LogP contribution in [-0.2, 0) is 16.7 Å². The number of hydrogen-bond acceptors (Lipinski definition) is 9. The molecule has 178 valence electrons. The van der Waals surface area contributed by atoms with E-state index in [2.05, 4.69) is 25.5 Å². The molecule has 34 heavy (non-hydrogen) atoms. The zero-order valence-electron chi connectivity index (χ0n) is 18.3. The van der Waals surface area contributed by atoms with Crippen molar-refractivity contribution in [2.75, 3.05) is 24.8 Å². The number of methoxy groups -OCH3 is 1. The molecule has 0 aliphatic heterocycles. The summed E-state index contributed by atoms with van der Waals surface area (Å²) in [6.07, 6.45) is 5.06. The van der Waals surface area contributed by atoms with E-state index in [0.717, 1.165) is 11.4 Å². The third-order valence-electron chi connectivity index (χ3n) is 4.77. The van der Waals surface area contributed by atoms with Gasteiger partial charge >= 0.3 is 0 Å². The Balaban J connectivity index is 1.49. The summed E-state index contributed by atoms with van der Waals surface area (Å²) >= 11 is 0. The number of nitrogens with one attached hydrogen (secondary N) is 2. The number of aromatic amines is 1. The fraction of sp³-hybridized carbons (Fsp3) is 0.227. The van der Waals surface area contributed by atoms with E-state index in [1.54, 1.807) is 37.8 Å². The van der Waals surface area contributed by atoms with Gasteiger partial charge in [0.05, 0.1) is 54.1 Å². The van der Waals surface area contributed by atoms with Gasteiger partial charge in [-0.25, -0.2) is 0 Å². The maximum Gasteiger partial charge on any atom is 0.264 e. The Hall–Kier alpha value is -3.90. The second-order valence-electron chi connectivity index (χ2n) is 7.23. The van der Waals surface area contributed by atoms with Gasteiger partial charge in [-0.15, -0.1) is 5.10 Å². The van der Waals surface area contributed by atoms with Crippen molar-refractivity contribution in [2.45, 2.75) is 13.0 Å². The lowest BCUT2D eigenvalue weighted by atomic mass is 10.2. The molecule has 4 rings (SSSR count). The first-order valence-corrected chi connectivity index (χ1v) is 11.9. The SMILES string of the molecule is COc1cc(Nc2cncc3[nH]nc(OCCCS(=O)(=O)O)c23)ccc1OCc1ccccn1. The van der Waals surface area contributed by atoms with E-state index in [-0.39, 0.29) is 18.9 Å². The molecule has 3 aromatic heterocycles. The highest BCUT2D eigenvalue weighted by Gasteiger charge is 2.14. The number of hydrogen-bond donors (Lipinski definition) is 3. The topological polar surface area (TPSA) is 149 Å². The molecule has 0 aliphatic carbocycles. The van der Waals surface area contributed by atoms with E-state index < -0.39 is 15.9 Å². The van der Waals surface area contributed by atoms with Crippen LogP contribution in [0.15, 0.2) is 55.0 Å². The Labute approximate surface area is 195 Å². The van der Waals surface area contributed by atoms with Crippen molar-refractivity contribution in [3.05, 3.63) is 60.7 Å². The molecular formula is C22H23N5O6S. The summed E-state index contributed by atoms with van der Waals surface area (Å²) < 4.78 is 47.6. The van der Waals surface area contributed by atoms with Gasteiger partial charge in [-0.1, -0.05) is 6.07 Å². The van der Waals surface area contributed by atoms with E-state index in [9.17, 15) is 8.42 Å². The lowest BCUT2D eigenvalue weighted by molar-refractivity contribution is 0.281.